The minimum absolute atomic E-state index is 0.0138. The zero-order valence-electron chi connectivity index (χ0n) is 18.7. The van der Waals surface area contributed by atoms with Crippen LogP contribution in [-0.4, -0.2) is 49.0 Å². The molecule has 0 aliphatic carbocycles. The van der Waals surface area contributed by atoms with E-state index >= 15 is 0 Å². The Morgan fingerprint density at radius 3 is 2.44 bits per heavy atom. The second-order valence-electron chi connectivity index (χ2n) is 9.37. The van der Waals surface area contributed by atoms with Crippen LogP contribution in [0.25, 0.3) is 22.4 Å². The minimum atomic E-state index is 0.0138. The predicted octanol–water partition coefficient (Wildman–Crippen LogP) is 3.25. The number of ether oxygens (including phenoxy) is 1. The summed E-state index contributed by atoms with van der Waals surface area (Å²) in [6.45, 7) is 9.19. The summed E-state index contributed by atoms with van der Waals surface area (Å²) in [5.74, 6) is 0.845. The average molecular weight is 434 g/mol. The smallest absolute Gasteiger partial charge is 0.298 e. The molecule has 9 heteroatoms. The fraction of sp³-hybridized carbons (Fsp3) is 0.391. The summed E-state index contributed by atoms with van der Waals surface area (Å²) in [4.78, 5) is 15.5. The molecular weight excluding hydrogens is 406 g/mol. The van der Waals surface area contributed by atoms with Gasteiger partial charge in [0.1, 0.15) is 11.4 Å². The number of carbonyl (C=O) groups excluding carboxylic acids is 1. The van der Waals surface area contributed by atoms with E-state index < -0.39 is 0 Å². The number of nitrogens with zero attached hydrogens (tertiary/aromatic N) is 5. The highest BCUT2D eigenvalue weighted by Crippen LogP contribution is 2.33. The van der Waals surface area contributed by atoms with Crippen molar-refractivity contribution in [2.75, 3.05) is 5.32 Å². The number of carbonyl (C=O) groups is 1. The molecule has 1 aromatic carbocycles. The Bertz CT molecular complexity index is 1070. The van der Waals surface area contributed by atoms with Gasteiger partial charge >= 0.3 is 0 Å². The fourth-order valence-corrected chi connectivity index (χ4v) is 4.60. The summed E-state index contributed by atoms with van der Waals surface area (Å²) in [5, 5.41) is 23.4. The van der Waals surface area contributed by atoms with E-state index in [0.717, 1.165) is 24.0 Å². The second kappa shape index (κ2) is 8.58. The lowest BCUT2D eigenvalue weighted by Crippen LogP contribution is -2.60. The van der Waals surface area contributed by atoms with Crippen LogP contribution in [0, 0.1) is 0 Å². The molecule has 3 aromatic rings. The molecule has 0 saturated carbocycles. The van der Waals surface area contributed by atoms with Crippen molar-refractivity contribution in [2.24, 2.45) is 0 Å². The molecule has 0 spiro atoms. The third-order valence-corrected chi connectivity index (χ3v) is 5.44. The topological polar surface area (TPSA) is 115 Å². The lowest BCUT2D eigenvalue weighted by molar-refractivity contribution is -0.120. The number of hydrogen-bond donors (Lipinski definition) is 2. The van der Waals surface area contributed by atoms with E-state index in [0.29, 0.717) is 29.4 Å². The molecular formula is C23H27N7O2. The molecule has 1 saturated heterocycles. The van der Waals surface area contributed by atoms with Crippen molar-refractivity contribution in [2.45, 2.75) is 57.7 Å². The number of rotatable bonds is 6. The quantitative estimate of drug-likeness (QED) is 0.565. The van der Waals surface area contributed by atoms with Crippen molar-refractivity contribution in [3.05, 3.63) is 42.9 Å². The molecule has 4 rings (SSSR count). The van der Waals surface area contributed by atoms with E-state index in [9.17, 15) is 4.79 Å². The van der Waals surface area contributed by atoms with E-state index in [-0.39, 0.29) is 17.1 Å². The van der Waals surface area contributed by atoms with Gasteiger partial charge in [-0.25, -0.2) is 4.98 Å². The number of aromatic nitrogens is 5. The third kappa shape index (κ3) is 5.05. The molecule has 1 fully saturated rings. The van der Waals surface area contributed by atoms with E-state index in [1.54, 1.807) is 24.7 Å². The van der Waals surface area contributed by atoms with Crippen molar-refractivity contribution < 1.29 is 9.53 Å². The Labute approximate surface area is 187 Å². The van der Waals surface area contributed by atoms with E-state index in [1.165, 1.54) is 0 Å². The van der Waals surface area contributed by atoms with E-state index in [4.69, 9.17) is 4.74 Å². The highest BCUT2D eigenvalue weighted by Gasteiger charge is 2.37. The number of piperidine rings is 1. The number of nitrogens with one attached hydrogen (secondary N) is 2. The molecule has 3 heterocycles. The summed E-state index contributed by atoms with van der Waals surface area (Å²) in [6, 6.07) is 7.55. The van der Waals surface area contributed by atoms with Crippen LogP contribution in [0.1, 0.15) is 40.5 Å². The number of anilines is 1. The first-order valence-corrected chi connectivity index (χ1v) is 10.5. The zero-order valence-corrected chi connectivity index (χ0v) is 18.7. The van der Waals surface area contributed by atoms with Crippen LogP contribution in [0.2, 0.25) is 0 Å². The monoisotopic (exact) mass is 433 g/mol. The van der Waals surface area contributed by atoms with Gasteiger partial charge in [0.25, 0.3) is 6.47 Å². The number of hydrogen-bond acceptors (Lipinski definition) is 9. The first-order valence-electron chi connectivity index (χ1n) is 10.5. The Balaban J connectivity index is 1.55. The van der Waals surface area contributed by atoms with Crippen LogP contribution in [0.3, 0.4) is 0 Å². The van der Waals surface area contributed by atoms with Crippen molar-refractivity contribution in [1.82, 2.24) is 30.7 Å². The highest BCUT2D eigenvalue weighted by atomic mass is 16.5. The van der Waals surface area contributed by atoms with Crippen LogP contribution in [-0.2, 0) is 4.79 Å². The highest BCUT2D eigenvalue weighted by molar-refractivity contribution is 5.75. The molecule has 0 amide bonds. The molecule has 0 bridgehead atoms. The summed E-state index contributed by atoms with van der Waals surface area (Å²) in [6.07, 6.45) is 6.78. The van der Waals surface area contributed by atoms with Crippen LogP contribution < -0.4 is 15.4 Å². The van der Waals surface area contributed by atoms with Crippen molar-refractivity contribution in [3.8, 4) is 28.1 Å². The molecule has 9 nitrogen and oxygen atoms in total. The van der Waals surface area contributed by atoms with Crippen LogP contribution >= 0.6 is 0 Å². The third-order valence-electron chi connectivity index (χ3n) is 5.44. The molecule has 2 aromatic heterocycles. The molecule has 1 aliphatic rings. The Kier molecular flexibility index (Phi) is 5.84. The van der Waals surface area contributed by atoms with E-state index in [1.807, 2.05) is 18.2 Å². The van der Waals surface area contributed by atoms with Gasteiger partial charge in [0.2, 0.25) is 5.95 Å². The van der Waals surface area contributed by atoms with Gasteiger partial charge in [-0.05, 0) is 64.3 Å². The summed E-state index contributed by atoms with van der Waals surface area (Å²) < 4.78 is 5.22. The van der Waals surface area contributed by atoms with Crippen LogP contribution in [0.4, 0.5) is 5.95 Å². The van der Waals surface area contributed by atoms with Gasteiger partial charge in [0.15, 0.2) is 0 Å². The maximum Gasteiger partial charge on any atom is 0.298 e. The second-order valence-corrected chi connectivity index (χ2v) is 9.37. The zero-order chi connectivity index (χ0) is 22.8. The van der Waals surface area contributed by atoms with Crippen LogP contribution in [0.5, 0.6) is 5.75 Å². The normalized spacial score (nSPS) is 17.5. The molecule has 32 heavy (non-hydrogen) atoms. The molecule has 0 atom stereocenters. The maximum atomic E-state index is 11.1. The van der Waals surface area contributed by atoms with Gasteiger partial charge in [0.05, 0.1) is 18.6 Å². The van der Waals surface area contributed by atoms with Gasteiger partial charge in [-0.2, -0.15) is 10.2 Å². The maximum absolute atomic E-state index is 11.1. The molecule has 1 aliphatic heterocycles. The standard InChI is InChI=1S/C23H27N7O2/c1-22(2)10-17(11-23(3,4)30-22)27-21-24-13-19(28-29-21)18-6-5-15(9-20(18)32-14-31)16-7-8-25-26-12-16/h5-9,12-14,17,30H,10-11H2,1-4H3,(H,24,27,29). The van der Waals surface area contributed by atoms with Gasteiger partial charge in [0, 0.05) is 28.2 Å². The Morgan fingerprint density at radius 1 is 1.03 bits per heavy atom. The number of benzene rings is 1. The van der Waals surface area contributed by atoms with Crippen molar-refractivity contribution in [1.29, 1.82) is 0 Å². The van der Waals surface area contributed by atoms with E-state index in [2.05, 4.69) is 63.7 Å². The van der Waals surface area contributed by atoms with Gasteiger partial charge in [-0.3, -0.25) is 4.79 Å². The summed E-state index contributed by atoms with van der Waals surface area (Å²) in [5.41, 5.74) is 2.87. The Hall–Kier alpha value is -3.46. The SMILES string of the molecule is CC1(C)CC(Nc2ncc(-c3ccc(-c4ccnnc4)cc3OC=O)nn2)CC(C)(C)N1. The first-order chi connectivity index (χ1) is 15.2. The molecule has 0 radical (unpaired) electrons. The Morgan fingerprint density at radius 2 is 1.81 bits per heavy atom. The molecule has 166 valence electrons. The van der Waals surface area contributed by atoms with Gasteiger partial charge in [-0.1, -0.05) is 6.07 Å². The summed E-state index contributed by atoms with van der Waals surface area (Å²) in [7, 11) is 0. The first kappa shape index (κ1) is 21.8. The van der Waals surface area contributed by atoms with Gasteiger partial charge < -0.3 is 15.4 Å². The van der Waals surface area contributed by atoms with Crippen molar-refractivity contribution in [3.63, 3.8) is 0 Å². The lowest BCUT2D eigenvalue weighted by atomic mass is 9.80. The largest absolute Gasteiger partial charge is 0.428 e. The fourth-order valence-electron chi connectivity index (χ4n) is 4.60. The molecule has 0 unspecified atom stereocenters. The lowest BCUT2D eigenvalue weighted by Gasteiger charge is -2.46. The van der Waals surface area contributed by atoms with Crippen LogP contribution in [0.15, 0.2) is 42.9 Å². The predicted molar refractivity (Wildman–Crippen MR) is 121 cm³/mol. The van der Waals surface area contributed by atoms with Crippen molar-refractivity contribution >= 4 is 12.4 Å². The van der Waals surface area contributed by atoms with Gasteiger partial charge in [-0.15, -0.1) is 10.2 Å². The molecule has 2 N–H and O–H groups in total. The average Bonchev–Trinajstić information content (AvgIpc) is 2.73. The minimum Gasteiger partial charge on any atom is -0.428 e. The summed E-state index contributed by atoms with van der Waals surface area (Å²) >= 11 is 0.